The maximum absolute atomic E-state index is 12.4. The zero-order valence-corrected chi connectivity index (χ0v) is 15.0. The molecule has 1 aromatic rings. The van der Waals surface area contributed by atoms with Gasteiger partial charge in [-0.2, -0.15) is 13.2 Å². The number of carbonyl (C=O) groups excluding carboxylic acids is 1. The van der Waals surface area contributed by atoms with E-state index in [1.807, 2.05) is 0 Å². The van der Waals surface area contributed by atoms with Gasteiger partial charge in [0.05, 0.1) is 18.7 Å². The Morgan fingerprint density at radius 1 is 1.46 bits per heavy atom. The number of alkyl halides is 3. The molecule has 0 aliphatic carbocycles. The highest BCUT2D eigenvalue weighted by atomic mass is 35.5. The van der Waals surface area contributed by atoms with Crippen molar-refractivity contribution in [2.24, 2.45) is 5.73 Å². The summed E-state index contributed by atoms with van der Waals surface area (Å²) in [5, 5.41) is 3.48. The molecule has 0 unspecified atom stereocenters. The van der Waals surface area contributed by atoms with Crippen molar-refractivity contribution >= 4 is 17.5 Å². The van der Waals surface area contributed by atoms with Gasteiger partial charge in [-0.1, -0.05) is 11.6 Å². The summed E-state index contributed by atoms with van der Waals surface area (Å²) in [5.41, 5.74) is 5.83. The highest BCUT2D eigenvalue weighted by molar-refractivity contribution is 6.32. The van der Waals surface area contributed by atoms with E-state index in [1.54, 1.807) is 12.1 Å². The molecule has 0 aromatic heterocycles. The van der Waals surface area contributed by atoms with E-state index in [1.165, 1.54) is 12.0 Å². The molecule has 0 bridgehead atoms. The van der Waals surface area contributed by atoms with Gasteiger partial charge >= 0.3 is 6.18 Å². The van der Waals surface area contributed by atoms with Gasteiger partial charge in [-0.05, 0) is 24.1 Å². The fourth-order valence-corrected chi connectivity index (χ4v) is 3.11. The Hall–Kier alpha value is -1.71. The second-order valence-electron chi connectivity index (χ2n) is 6.08. The molecule has 1 fully saturated rings. The SMILES string of the molecule is COc1cc(CN[C@H]2CCN(CC(F)(F)F)C2)cc(Cl)c1OCC(N)=O. The number of hydrogen-bond donors (Lipinski definition) is 2. The molecular weight excluding hydrogens is 375 g/mol. The normalized spacial score (nSPS) is 18.1. The second-order valence-corrected chi connectivity index (χ2v) is 6.49. The molecular formula is C16H21ClF3N3O3. The summed E-state index contributed by atoms with van der Waals surface area (Å²) in [6.45, 7) is -0.0659. The van der Waals surface area contributed by atoms with Crippen LogP contribution in [-0.4, -0.2) is 56.4 Å². The highest BCUT2D eigenvalue weighted by Gasteiger charge is 2.34. The van der Waals surface area contributed by atoms with Crippen molar-refractivity contribution in [3.63, 3.8) is 0 Å². The summed E-state index contributed by atoms with van der Waals surface area (Å²) in [7, 11) is 1.44. The molecule has 1 aromatic carbocycles. The highest BCUT2D eigenvalue weighted by Crippen LogP contribution is 2.36. The number of nitrogens with two attached hydrogens (primary N) is 1. The monoisotopic (exact) mass is 395 g/mol. The van der Waals surface area contributed by atoms with Gasteiger partial charge in [0.2, 0.25) is 0 Å². The largest absolute Gasteiger partial charge is 0.493 e. The standard InChI is InChI=1S/C16H21ClF3N3O3/c1-25-13-5-10(4-12(17)15(13)26-8-14(21)24)6-22-11-2-3-23(7-11)9-16(18,19)20/h4-5,11,22H,2-3,6-9H2,1H3,(H2,21,24)/t11-/m0/s1. The molecule has 6 nitrogen and oxygen atoms in total. The van der Waals surface area contributed by atoms with E-state index in [0.29, 0.717) is 31.8 Å². The third kappa shape index (κ3) is 6.22. The average Bonchev–Trinajstić information content (AvgIpc) is 2.96. The predicted molar refractivity (Wildman–Crippen MR) is 90.4 cm³/mol. The van der Waals surface area contributed by atoms with Crippen LogP contribution in [0.4, 0.5) is 13.2 Å². The lowest BCUT2D eigenvalue weighted by molar-refractivity contribution is -0.143. The molecule has 1 aliphatic rings. The number of primary amides is 1. The smallest absolute Gasteiger partial charge is 0.401 e. The van der Waals surface area contributed by atoms with Gasteiger partial charge in [0.25, 0.3) is 5.91 Å². The average molecular weight is 396 g/mol. The van der Waals surface area contributed by atoms with Gasteiger partial charge in [-0.25, -0.2) is 0 Å². The Bertz CT molecular complexity index is 643. The van der Waals surface area contributed by atoms with Gasteiger partial charge in [0.1, 0.15) is 0 Å². The van der Waals surface area contributed by atoms with Crippen molar-refractivity contribution in [1.82, 2.24) is 10.2 Å². The van der Waals surface area contributed by atoms with Crippen LogP contribution in [0.2, 0.25) is 5.02 Å². The number of amides is 1. The summed E-state index contributed by atoms with van der Waals surface area (Å²) >= 11 is 6.17. The van der Waals surface area contributed by atoms with Crippen LogP contribution in [0.1, 0.15) is 12.0 Å². The first-order chi connectivity index (χ1) is 12.2. The summed E-state index contributed by atoms with van der Waals surface area (Å²) in [4.78, 5) is 12.2. The van der Waals surface area contributed by atoms with Crippen LogP contribution in [0.3, 0.4) is 0 Å². The third-order valence-corrected chi connectivity index (χ3v) is 4.20. The van der Waals surface area contributed by atoms with Crippen molar-refractivity contribution in [1.29, 1.82) is 0 Å². The second kappa shape index (κ2) is 8.79. The van der Waals surface area contributed by atoms with Gasteiger partial charge in [-0.15, -0.1) is 0 Å². The van der Waals surface area contributed by atoms with Crippen LogP contribution in [0, 0.1) is 0 Å². The zero-order valence-electron chi connectivity index (χ0n) is 14.2. The lowest BCUT2D eigenvalue weighted by atomic mass is 10.1. The number of likely N-dealkylation sites (tertiary alicyclic amines) is 1. The number of rotatable bonds is 8. The first-order valence-electron chi connectivity index (χ1n) is 7.98. The maximum Gasteiger partial charge on any atom is 0.401 e. The number of halogens is 4. The molecule has 26 heavy (non-hydrogen) atoms. The van der Waals surface area contributed by atoms with Crippen LogP contribution < -0.4 is 20.5 Å². The lowest BCUT2D eigenvalue weighted by Crippen LogP contribution is -2.36. The number of ether oxygens (including phenoxy) is 2. The summed E-state index contributed by atoms with van der Waals surface area (Å²) in [6, 6.07) is 3.31. The Morgan fingerprint density at radius 2 is 2.19 bits per heavy atom. The fraction of sp³-hybridized carbons (Fsp3) is 0.562. The lowest BCUT2D eigenvalue weighted by Gasteiger charge is -2.18. The van der Waals surface area contributed by atoms with Crippen LogP contribution in [0.15, 0.2) is 12.1 Å². The molecule has 0 spiro atoms. The van der Waals surface area contributed by atoms with Crippen molar-refractivity contribution < 1.29 is 27.4 Å². The number of nitrogens with zero attached hydrogens (tertiary/aromatic N) is 1. The molecule has 2 rings (SSSR count). The molecule has 0 radical (unpaired) electrons. The van der Waals surface area contributed by atoms with Gasteiger partial charge in [0.15, 0.2) is 18.1 Å². The Labute approximate surface area is 154 Å². The van der Waals surface area contributed by atoms with Crippen molar-refractivity contribution in [3.8, 4) is 11.5 Å². The molecule has 1 aliphatic heterocycles. The van der Waals surface area contributed by atoms with E-state index in [2.05, 4.69) is 5.32 Å². The van der Waals surface area contributed by atoms with Crippen LogP contribution >= 0.6 is 11.6 Å². The number of nitrogens with one attached hydrogen (secondary N) is 1. The number of hydrogen-bond acceptors (Lipinski definition) is 5. The first-order valence-corrected chi connectivity index (χ1v) is 8.35. The molecule has 1 saturated heterocycles. The summed E-state index contributed by atoms with van der Waals surface area (Å²) < 4.78 is 47.8. The molecule has 1 amide bonds. The first kappa shape index (κ1) is 20.6. The van der Waals surface area contributed by atoms with E-state index in [-0.39, 0.29) is 23.4 Å². The molecule has 0 saturated carbocycles. The maximum atomic E-state index is 12.4. The van der Waals surface area contributed by atoms with Gasteiger partial charge in [-0.3, -0.25) is 9.69 Å². The summed E-state index contributed by atoms with van der Waals surface area (Å²) in [6.07, 6.45) is -3.54. The molecule has 3 N–H and O–H groups in total. The topological polar surface area (TPSA) is 76.8 Å². The molecule has 146 valence electrons. The zero-order chi connectivity index (χ0) is 19.3. The van der Waals surface area contributed by atoms with Crippen LogP contribution in [0.5, 0.6) is 11.5 Å². The Balaban J connectivity index is 1.94. The predicted octanol–water partition coefficient (Wildman–Crippen LogP) is 1.94. The van der Waals surface area contributed by atoms with E-state index >= 15 is 0 Å². The van der Waals surface area contributed by atoms with Crippen LogP contribution in [0.25, 0.3) is 0 Å². The fourth-order valence-electron chi connectivity index (χ4n) is 2.82. The minimum absolute atomic E-state index is 0.0343. The Morgan fingerprint density at radius 3 is 2.81 bits per heavy atom. The quantitative estimate of drug-likeness (QED) is 0.703. The minimum Gasteiger partial charge on any atom is -0.493 e. The third-order valence-electron chi connectivity index (χ3n) is 3.92. The van der Waals surface area contributed by atoms with Crippen molar-refractivity contribution in [2.75, 3.05) is 33.4 Å². The number of methoxy groups -OCH3 is 1. The van der Waals surface area contributed by atoms with Crippen molar-refractivity contribution in [3.05, 3.63) is 22.7 Å². The van der Waals surface area contributed by atoms with Gasteiger partial charge in [0, 0.05) is 25.7 Å². The molecule has 1 heterocycles. The van der Waals surface area contributed by atoms with E-state index in [0.717, 1.165) is 5.56 Å². The van der Waals surface area contributed by atoms with E-state index < -0.39 is 18.6 Å². The minimum atomic E-state index is -4.18. The summed E-state index contributed by atoms with van der Waals surface area (Å²) in [5.74, 6) is -0.0758. The Kier molecular flexibility index (Phi) is 6.96. The number of carbonyl (C=O) groups is 1. The number of benzene rings is 1. The molecule has 10 heteroatoms. The van der Waals surface area contributed by atoms with Crippen molar-refractivity contribution in [2.45, 2.75) is 25.2 Å². The van der Waals surface area contributed by atoms with E-state index in [4.69, 9.17) is 26.8 Å². The molecule has 1 atom stereocenters. The van der Waals surface area contributed by atoms with Gasteiger partial charge < -0.3 is 20.5 Å². The van der Waals surface area contributed by atoms with E-state index in [9.17, 15) is 18.0 Å². The van der Waals surface area contributed by atoms with Crippen LogP contribution in [-0.2, 0) is 11.3 Å².